The lowest BCUT2D eigenvalue weighted by atomic mass is 10.1. The summed E-state index contributed by atoms with van der Waals surface area (Å²) in [7, 11) is 1.53. The molecule has 0 radical (unpaired) electrons. The molecule has 6 nitrogen and oxygen atoms in total. The predicted octanol–water partition coefficient (Wildman–Crippen LogP) is 6.11. The first-order valence-corrected chi connectivity index (χ1v) is 11.1. The number of rotatable bonds is 8. The third kappa shape index (κ3) is 5.75. The number of methoxy groups -OCH3 is 1. The maximum absolute atomic E-state index is 12.5. The van der Waals surface area contributed by atoms with Gasteiger partial charge in [0.25, 0.3) is 0 Å². The van der Waals surface area contributed by atoms with E-state index in [-0.39, 0.29) is 17.8 Å². The van der Waals surface area contributed by atoms with Gasteiger partial charge in [-0.2, -0.15) is 0 Å². The average Bonchev–Trinajstić information content (AvgIpc) is 3.18. The van der Waals surface area contributed by atoms with Gasteiger partial charge in [-0.05, 0) is 37.6 Å². The fourth-order valence-corrected chi connectivity index (χ4v) is 4.06. The lowest BCUT2D eigenvalue weighted by molar-refractivity contribution is -0.111. The predicted molar refractivity (Wildman–Crippen MR) is 129 cm³/mol. The van der Waals surface area contributed by atoms with Gasteiger partial charge in [0, 0.05) is 18.6 Å². The van der Waals surface area contributed by atoms with E-state index in [1.165, 1.54) is 20.1 Å². The highest BCUT2D eigenvalue weighted by atomic mass is 35.5. The summed E-state index contributed by atoms with van der Waals surface area (Å²) in [4.78, 5) is 29.4. The highest BCUT2D eigenvalue weighted by Gasteiger charge is 2.17. The van der Waals surface area contributed by atoms with Crippen molar-refractivity contribution < 1.29 is 19.1 Å². The van der Waals surface area contributed by atoms with Gasteiger partial charge < -0.3 is 9.47 Å². The number of Topliss-reactive ketones (excluding diaryl/α,β-unsaturated/α-hetero) is 1. The van der Waals surface area contributed by atoms with E-state index in [4.69, 9.17) is 21.1 Å². The van der Waals surface area contributed by atoms with Crippen LogP contribution in [0.5, 0.6) is 11.5 Å². The molecule has 0 saturated heterocycles. The first-order valence-electron chi connectivity index (χ1n) is 9.89. The van der Waals surface area contributed by atoms with E-state index in [1.54, 1.807) is 18.2 Å². The normalized spacial score (nSPS) is 11.1. The Hall–Kier alpha value is -3.16. The van der Waals surface area contributed by atoms with Crippen LogP contribution in [-0.4, -0.2) is 29.9 Å². The van der Waals surface area contributed by atoms with Crippen LogP contribution in [-0.2, 0) is 4.79 Å². The van der Waals surface area contributed by atoms with Crippen LogP contribution < -0.4 is 14.8 Å². The fourth-order valence-electron chi connectivity index (χ4n) is 2.91. The van der Waals surface area contributed by atoms with E-state index in [0.717, 1.165) is 16.9 Å². The van der Waals surface area contributed by atoms with E-state index in [2.05, 4.69) is 10.3 Å². The molecular formula is C24H23ClN2O4S. The number of nitrogens with one attached hydrogen (secondary N) is 1. The number of hydrogen-bond donors (Lipinski definition) is 1. The number of halogens is 1. The Morgan fingerprint density at radius 2 is 1.91 bits per heavy atom. The van der Waals surface area contributed by atoms with Crippen molar-refractivity contribution in [1.29, 1.82) is 0 Å². The zero-order valence-electron chi connectivity index (χ0n) is 18.1. The van der Waals surface area contributed by atoms with Crippen LogP contribution in [0, 0.1) is 0 Å². The second kappa shape index (κ2) is 10.4. The van der Waals surface area contributed by atoms with Crippen molar-refractivity contribution in [3.05, 3.63) is 64.0 Å². The summed E-state index contributed by atoms with van der Waals surface area (Å²) in [5.41, 5.74) is 2.04. The number of anilines is 1. The standard InChI is InChI=1S/C24H23ClN2O4S/c1-14(2)31-22-18(25)12-16(13-19(22)30-4)10-11-20(29)26-24-27-21(23(32-24)15(3)28)17-8-6-5-7-9-17/h5-14H,1-4H3,(H,26,27,29)/b11-10+. The monoisotopic (exact) mass is 470 g/mol. The van der Waals surface area contributed by atoms with Crippen molar-refractivity contribution in [2.45, 2.75) is 26.9 Å². The second-order valence-electron chi connectivity index (χ2n) is 7.14. The summed E-state index contributed by atoms with van der Waals surface area (Å²) in [6, 6.07) is 12.8. The molecule has 1 amide bonds. The Kier molecular flexibility index (Phi) is 7.66. The quantitative estimate of drug-likeness (QED) is 0.317. The van der Waals surface area contributed by atoms with Crippen LogP contribution in [0.3, 0.4) is 0 Å². The molecule has 3 aromatic rings. The van der Waals surface area contributed by atoms with Gasteiger partial charge >= 0.3 is 0 Å². The molecule has 0 unspecified atom stereocenters. The molecule has 0 bridgehead atoms. The molecule has 1 N–H and O–H groups in total. The van der Waals surface area contributed by atoms with Gasteiger partial charge in [0.05, 0.1) is 28.8 Å². The Labute approximate surface area is 195 Å². The molecule has 3 rings (SSSR count). The maximum atomic E-state index is 12.5. The molecule has 0 aliphatic heterocycles. The Balaban J connectivity index is 1.79. The summed E-state index contributed by atoms with van der Waals surface area (Å²) in [6.07, 6.45) is 2.92. The largest absolute Gasteiger partial charge is 0.493 e. The highest BCUT2D eigenvalue weighted by Crippen LogP contribution is 2.37. The molecule has 0 aliphatic carbocycles. The number of benzene rings is 2. The lowest BCUT2D eigenvalue weighted by Crippen LogP contribution is -2.08. The topological polar surface area (TPSA) is 77.5 Å². The van der Waals surface area contributed by atoms with E-state index in [1.807, 2.05) is 44.2 Å². The highest BCUT2D eigenvalue weighted by molar-refractivity contribution is 7.18. The molecule has 0 spiro atoms. The Morgan fingerprint density at radius 1 is 1.19 bits per heavy atom. The number of ether oxygens (including phenoxy) is 2. The minimum Gasteiger partial charge on any atom is -0.493 e. The van der Waals surface area contributed by atoms with Crippen LogP contribution in [0.2, 0.25) is 5.02 Å². The van der Waals surface area contributed by atoms with Gasteiger partial charge in [-0.15, -0.1) is 0 Å². The van der Waals surface area contributed by atoms with Crippen LogP contribution >= 0.6 is 22.9 Å². The molecule has 0 aliphatic rings. The number of amides is 1. The van der Waals surface area contributed by atoms with Gasteiger partial charge in [-0.1, -0.05) is 53.3 Å². The number of ketones is 1. The van der Waals surface area contributed by atoms with Crippen LogP contribution in [0.4, 0.5) is 5.13 Å². The summed E-state index contributed by atoms with van der Waals surface area (Å²) in [6.45, 7) is 5.27. The van der Waals surface area contributed by atoms with Crippen molar-refractivity contribution in [3.63, 3.8) is 0 Å². The molecule has 0 fully saturated rings. The minimum atomic E-state index is -0.383. The third-order valence-electron chi connectivity index (χ3n) is 4.26. The molecule has 0 atom stereocenters. The third-order valence-corrected chi connectivity index (χ3v) is 5.61. The first-order chi connectivity index (χ1) is 15.3. The summed E-state index contributed by atoms with van der Waals surface area (Å²) >= 11 is 7.48. The van der Waals surface area contributed by atoms with Crippen LogP contribution in [0.25, 0.3) is 17.3 Å². The molecule has 8 heteroatoms. The molecular weight excluding hydrogens is 448 g/mol. The molecule has 166 valence electrons. The lowest BCUT2D eigenvalue weighted by Gasteiger charge is -2.15. The van der Waals surface area contributed by atoms with E-state index < -0.39 is 0 Å². The number of hydrogen-bond acceptors (Lipinski definition) is 6. The fraction of sp³-hybridized carbons (Fsp3) is 0.208. The number of thiazole rings is 1. The van der Waals surface area contributed by atoms with Gasteiger partial charge in [0.15, 0.2) is 22.4 Å². The minimum absolute atomic E-state index is 0.0625. The smallest absolute Gasteiger partial charge is 0.250 e. The van der Waals surface area contributed by atoms with Crippen molar-refractivity contribution >= 4 is 45.8 Å². The Bertz CT molecular complexity index is 1160. The number of nitrogens with zero attached hydrogens (tertiary/aromatic N) is 1. The van der Waals surface area contributed by atoms with Gasteiger partial charge in [-0.3, -0.25) is 14.9 Å². The number of aromatic nitrogens is 1. The van der Waals surface area contributed by atoms with Crippen LogP contribution in [0.1, 0.15) is 36.0 Å². The second-order valence-corrected chi connectivity index (χ2v) is 8.55. The molecule has 32 heavy (non-hydrogen) atoms. The first kappa shape index (κ1) is 23.5. The number of carbonyl (C=O) groups excluding carboxylic acids is 2. The van der Waals surface area contributed by atoms with E-state index in [0.29, 0.717) is 37.8 Å². The maximum Gasteiger partial charge on any atom is 0.250 e. The molecule has 1 heterocycles. The molecule has 2 aromatic carbocycles. The van der Waals surface area contributed by atoms with E-state index in [9.17, 15) is 9.59 Å². The Morgan fingerprint density at radius 3 is 2.53 bits per heavy atom. The van der Waals surface area contributed by atoms with Gasteiger partial charge in [0.2, 0.25) is 5.91 Å². The van der Waals surface area contributed by atoms with Crippen molar-refractivity contribution in [3.8, 4) is 22.8 Å². The van der Waals surface area contributed by atoms with E-state index >= 15 is 0 Å². The van der Waals surface area contributed by atoms with Gasteiger partial charge in [-0.25, -0.2) is 4.98 Å². The van der Waals surface area contributed by atoms with Crippen LogP contribution in [0.15, 0.2) is 48.5 Å². The zero-order valence-corrected chi connectivity index (χ0v) is 19.7. The molecule has 0 saturated carbocycles. The van der Waals surface area contributed by atoms with Crippen molar-refractivity contribution in [2.24, 2.45) is 0 Å². The van der Waals surface area contributed by atoms with Crippen molar-refractivity contribution in [1.82, 2.24) is 4.98 Å². The summed E-state index contributed by atoms with van der Waals surface area (Å²) in [5, 5.41) is 3.45. The van der Waals surface area contributed by atoms with Crippen molar-refractivity contribution in [2.75, 3.05) is 12.4 Å². The number of carbonyl (C=O) groups is 2. The summed E-state index contributed by atoms with van der Waals surface area (Å²) < 4.78 is 11.1. The average molecular weight is 471 g/mol. The SMILES string of the molecule is COc1cc(/C=C/C(=O)Nc2nc(-c3ccccc3)c(C(C)=O)s2)cc(Cl)c1OC(C)C. The molecule has 1 aromatic heterocycles. The van der Waals surface area contributed by atoms with Gasteiger partial charge in [0.1, 0.15) is 0 Å². The summed E-state index contributed by atoms with van der Waals surface area (Å²) in [5.74, 6) is 0.442. The zero-order chi connectivity index (χ0) is 23.3.